The number of carbonyl (C=O) groups is 2. The van der Waals surface area contributed by atoms with Crippen LogP contribution in [-0.2, 0) is 16.0 Å². The summed E-state index contributed by atoms with van der Waals surface area (Å²) in [6.45, 7) is 2.17. The van der Waals surface area contributed by atoms with E-state index in [1.165, 1.54) is 6.07 Å². The molecule has 8 heteroatoms. The lowest BCUT2D eigenvalue weighted by atomic mass is 10.1. The maximum atomic E-state index is 12.3. The number of benzene rings is 2. The third-order valence-corrected chi connectivity index (χ3v) is 4.68. The van der Waals surface area contributed by atoms with Gasteiger partial charge in [0.25, 0.3) is 5.69 Å². The molecule has 0 atom stereocenters. The van der Waals surface area contributed by atoms with E-state index in [2.05, 4.69) is 5.32 Å². The number of hydrogen-bond donors (Lipinski definition) is 1. The van der Waals surface area contributed by atoms with Crippen molar-refractivity contribution in [2.45, 2.75) is 6.42 Å². The zero-order chi connectivity index (χ0) is 19.9. The average Bonchev–Trinajstić information content (AvgIpc) is 2.73. The molecule has 0 bridgehead atoms. The predicted molar refractivity (Wildman–Crippen MR) is 105 cm³/mol. The minimum atomic E-state index is -0.415. The highest BCUT2D eigenvalue weighted by Crippen LogP contribution is 2.22. The Labute approximate surface area is 162 Å². The molecule has 0 radical (unpaired) electrons. The second-order valence-electron chi connectivity index (χ2n) is 6.58. The van der Waals surface area contributed by atoms with Crippen molar-refractivity contribution >= 4 is 23.2 Å². The van der Waals surface area contributed by atoms with Crippen molar-refractivity contribution < 1.29 is 14.5 Å². The molecule has 146 valence electrons. The quantitative estimate of drug-likeness (QED) is 0.605. The smallest absolute Gasteiger partial charge is 0.271 e. The minimum absolute atomic E-state index is 0.0253. The summed E-state index contributed by atoms with van der Waals surface area (Å²) in [5.74, 6) is -0.310. The van der Waals surface area contributed by atoms with Crippen molar-refractivity contribution in [3.63, 3.8) is 0 Å². The molecule has 2 aromatic rings. The fourth-order valence-corrected chi connectivity index (χ4v) is 3.15. The van der Waals surface area contributed by atoms with Crippen LogP contribution in [0.1, 0.15) is 5.56 Å². The van der Waals surface area contributed by atoms with Gasteiger partial charge in [-0.15, -0.1) is 0 Å². The summed E-state index contributed by atoms with van der Waals surface area (Å²) in [6.07, 6.45) is 0.245. The van der Waals surface area contributed by atoms with Crippen LogP contribution in [0.3, 0.4) is 0 Å². The van der Waals surface area contributed by atoms with Crippen LogP contribution < -0.4 is 10.2 Å². The summed E-state index contributed by atoms with van der Waals surface area (Å²) in [6, 6.07) is 15.9. The van der Waals surface area contributed by atoms with Gasteiger partial charge in [0.15, 0.2) is 0 Å². The molecule has 0 saturated carbocycles. The Morgan fingerprint density at radius 2 is 1.71 bits per heavy atom. The number of nitro benzene ring substituents is 1. The van der Waals surface area contributed by atoms with Crippen molar-refractivity contribution in [1.29, 1.82) is 0 Å². The van der Waals surface area contributed by atoms with Crippen LogP contribution in [0, 0.1) is 10.1 Å². The summed E-state index contributed by atoms with van der Waals surface area (Å²) in [5.41, 5.74) is 1.73. The van der Waals surface area contributed by atoms with Crippen LogP contribution in [0.25, 0.3) is 0 Å². The number of nitrogens with one attached hydrogen (secondary N) is 1. The SMILES string of the molecule is O=C(Cc1ccccc1)NCC(=O)N1CCN(c2cccc([N+](=O)[O-])c2)CC1. The Morgan fingerprint density at radius 3 is 2.39 bits per heavy atom. The monoisotopic (exact) mass is 382 g/mol. The Kier molecular flexibility index (Phi) is 6.21. The summed E-state index contributed by atoms with van der Waals surface area (Å²) in [5, 5.41) is 13.6. The maximum absolute atomic E-state index is 12.3. The molecule has 8 nitrogen and oxygen atoms in total. The van der Waals surface area contributed by atoms with E-state index in [-0.39, 0.29) is 30.5 Å². The summed E-state index contributed by atoms with van der Waals surface area (Å²) >= 11 is 0. The minimum Gasteiger partial charge on any atom is -0.368 e. The highest BCUT2D eigenvalue weighted by atomic mass is 16.6. The molecule has 0 unspecified atom stereocenters. The molecule has 0 aromatic heterocycles. The van der Waals surface area contributed by atoms with E-state index >= 15 is 0 Å². The van der Waals surface area contributed by atoms with Gasteiger partial charge in [-0.05, 0) is 11.6 Å². The number of nitro groups is 1. The van der Waals surface area contributed by atoms with Crippen LogP contribution in [0.2, 0.25) is 0 Å². The number of anilines is 1. The molecule has 2 amide bonds. The third kappa shape index (κ3) is 5.06. The van der Waals surface area contributed by atoms with Gasteiger partial charge in [0, 0.05) is 44.0 Å². The van der Waals surface area contributed by atoms with Gasteiger partial charge in [0.05, 0.1) is 17.9 Å². The van der Waals surface area contributed by atoms with Gasteiger partial charge in [-0.1, -0.05) is 36.4 Å². The standard InChI is InChI=1S/C20H22N4O4/c25-19(13-16-5-2-1-3-6-16)21-15-20(26)23-11-9-22(10-12-23)17-7-4-8-18(14-17)24(27)28/h1-8,14H,9-13,15H2,(H,21,25). The Morgan fingerprint density at radius 1 is 1.00 bits per heavy atom. The lowest BCUT2D eigenvalue weighted by Crippen LogP contribution is -2.51. The van der Waals surface area contributed by atoms with Crippen LogP contribution in [0.15, 0.2) is 54.6 Å². The highest BCUT2D eigenvalue weighted by molar-refractivity contribution is 5.85. The number of piperazine rings is 1. The number of non-ortho nitro benzene ring substituents is 1. The molecule has 1 N–H and O–H groups in total. The van der Waals surface area contributed by atoms with Crippen molar-refractivity contribution in [1.82, 2.24) is 10.2 Å². The molecular weight excluding hydrogens is 360 g/mol. The number of hydrogen-bond acceptors (Lipinski definition) is 5. The molecule has 0 spiro atoms. The third-order valence-electron chi connectivity index (χ3n) is 4.68. The van der Waals surface area contributed by atoms with E-state index in [0.29, 0.717) is 26.2 Å². The lowest BCUT2D eigenvalue weighted by Gasteiger charge is -2.36. The van der Waals surface area contributed by atoms with E-state index in [9.17, 15) is 19.7 Å². The van der Waals surface area contributed by atoms with E-state index in [0.717, 1.165) is 11.3 Å². The van der Waals surface area contributed by atoms with Gasteiger partial charge < -0.3 is 15.1 Å². The lowest BCUT2D eigenvalue weighted by molar-refractivity contribution is -0.384. The first-order chi connectivity index (χ1) is 13.5. The number of nitrogens with zero attached hydrogens (tertiary/aromatic N) is 3. The Hall–Kier alpha value is -3.42. The number of rotatable bonds is 6. The van der Waals surface area contributed by atoms with E-state index < -0.39 is 4.92 Å². The van der Waals surface area contributed by atoms with Crippen LogP contribution >= 0.6 is 0 Å². The summed E-state index contributed by atoms with van der Waals surface area (Å²) in [4.78, 5) is 38.6. The molecule has 1 aliphatic heterocycles. The molecule has 1 heterocycles. The van der Waals surface area contributed by atoms with Gasteiger partial charge >= 0.3 is 0 Å². The summed E-state index contributed by atoms with van der Waals surface area (Å²) < 4.78 is 0. The van der Waals surface area contributed by atoms with Gasteiger partial charge in [0.2, 0.25) is 11.8 Å². The zero-order valence-electron chi connectivity index (χ0n) is 15.4. The van der Waals surface area contributed by atoms with Crippen molar-refractivity contribution in [3.8, 4) is 0 Å². The molecule has 1 saturated heterocycles. The fraction of sp³-hybridized carbons (Fsp3) is 0.300. The molecule has 2 aromatic carbocycles. The Bertz CT molecular complexity index is 848. The van der Waals surface area contributed by atoms with Gasteiger partial charge in [-0.25, -0.2) is 0 Å². The predicted octanol–water partition coefficient (Wildman–Crippen LogP) is 1.60. The zero-order valence-corrected chi connectivity index (χ0v) is 15.4. The topological polar surface area (TPSA) is 95.8 Å². The molecule has 3 rings (SSSR count). The van der Waals surface area contributed by atoms with Crippen molar-refractivity contribution in [2.75, 3.05) is 37.6 Å². The van der Waals surface area contributed by atoms with Gasteiger partial charge in [0.1, 0.15) is 0 Å². The van der Waals surface area contributed by atoms with E-state index in [1.54, 1.807) is 17.0 Å². The van der Waals surface area contributed by atoms with Crippen LogP contribution in [-0.4, -0.2) is 54.4 Å². The van der Waals surface area contributed by atoms with E-state index in [1.807, 2.05) is 41.3 Å². The van der Waals surface area contributed by atoms with Gasteiger partial charge in [-0.2, -0.15) is 0 Å². The van der Waals surface area contributed by atoms with Crippen molar-refractivity contribution in [2.24, 2.45) is 0 Å². The average molecular weight is 382 g/mol. The first-order valence-corrected chi connectivity index (χ1v) is 9.11. The van der Waals surface area contributed by atoms with E-state index in [4.69, 9.17) is 0 Å². The Balaban J connectivity index is 1.45. The number of amides is 2. The first kappa shape index (κ1) is 19.3. The normalized spacial score (nSPS) is 13.9. The van der Waals surface area contributed by atoms with Crippen LogP contribution in [0.5, 0.6) is 0 Å². The second-order valence-corrected chi connectivity index (χ2v) is 6.58. The largest absolute Gasteiger partial charge is 0.368 e. The number of carbonyl (C=O) groups excluding carboxylic acids is 2. The first-order valence-electron chi connectivity index (χ1n) is 9.11. The molecule has 28 heavy (non-hydrogen) atoms. The van der Waals surface area contributed by atoms with Gasteiger partial charge in [-0.3, -0.25) is 19.7 Å². The second kappa shape index (κ2) is 8.98. The molecule has 0 aliphatic carbocycles. The molecule has 1 fully saturated rings. The molecule has 1 aliphatic rings. The fourth-order valence-electron chi connectivity index (χ4n) is 3.15. The summed E-state index contributed by atoms with van der Waals surface area (Å²) in [7, 11) is 0. The highest BCUT2D eigenvalue weighted by Gasteiger charge is 2.22. The maximum Gasteiger partial charge on any atom is 0.271 e. The van der Waals surface area contributed by atoms with Crippen molar-refractivity contribution in [3.05, 3.63) is 70.3 Å². The molecular formula is C20H22N4O4. The van der Waals surface area contributed by atoms with Crippen LogP contribution in [0.4, 0.5) is 11.4 Å².